The van der Waals surface area contributed by atoms with Gasteiger partial charge in [-0.25, -0.2) is 9.79 Å². The van der Waals surface area contributed by atoms with Gasteiger partial charge in [-0.15, -0.1) is 0 Å². The Labute approximate surface area is 208 Å². The Morgan fingerprint density at radius 2 is 1.91 bits per heavy atom. The Hall–Kier alpha value is -2.77. The molecule has 0 amide bonds. The molecule has 1 aromatic carbocycles. The van der Waals surface area contributed by atoms with Gasteiger partial charge in [-0.2, -0.15) is 0 Å². The second kappa shape index (κ2) is 9.70. The molecular formula is C28H36N4O3. The van der Waals surface area contributed by atoms with E-state index in [0.29, 0.717) is 31.9 Å². The number of fused-ring (bicyclic) bond motifs is 2. The minimum atomic E-state index is -0.811. The first-order valence-electron chi connectivity index (χ1n) is 12.9. The summed E-state index contributed by atoms with van der Waals surface area (Å²) in [6.07, 6.45) is 7.61. The number of allylic oxidation sites excluding steroid dienone is 1. The summed E-state index contributed by atoms with van der Waals surface area (Å²) in [7, 11) is 0. The minimum absolute atomic E-state index is 0.00515. The van der Waals surface area contributed by atoms with E-state index < -0.39 is 5.54 Å². The van der Waals surface area contributed by atoms with Crippen LogP contribution in [0.3, 0.4) is 0 Å². The zero-order valence-electron chi connectivity index (χ0n) is 21.1. The molecule has 3 aliphatic heterocycles. The zero-order chi connectivity index (χ0) is 24.5. The van der Waals surface area contributed by atoms with Crippen LogP contribution < -0.4 is 5.32 Å². The third kappa shape index (κ3) is 4.47. The number of ether oxygens (including phenoxy) is 2. The molecule has 1 spiro atoms. The number of amidine groups is 1. The minimum Gasteiger partial charge on any atom is -0.463 e. The van der Waals surface area contributed by atoms with E-state index >= 15 is 0 Å². The van der Waals surface area contributed by atoms with Crippen molar-refractivity contribution < 1.29 is 14.3 Å². The first kappa shape index (κ1) is 23.9. The highest BCUT2D eigenvalue weighted by atomic mass is 16.5. The molecule has 1 saturated heterocycles. The van der Waals surface area contributed by atoms with Crippen LogP contribution in [0.5, 0.6) is 0 Å². The quantitative estimate of drug-likeness (QED) is 0.654. The average Bonchev–Trinajstić information content (AvgIpc) is 2.88. The summed E-state index contributed by atoms with van der Waals surface area (Å²) in [5, 5.41) is 3.55. The topological polar surface area (TPSA) is 75.5 Å². The third-order valence-corrected chi connectivity index (χ3v) is 7.57. The van der Waals surface area contributed by atoms with Gasteiger partial charge in [0.2, 0.25) is 0 Å². The Morgan fingerprint density at radius 1 is 1.14 bits per heavy atom. The van der Waals surface area contributed by atoms with Crippen LogP contribution in [0.15, 0.2) is 57.3 Å². The number of esters is 1. The summed E-state index contributed by atoms with van der Waals surface area (Å²) in [5.74, 6) is 0.452. The number of carbonyl (C=O) groups excluding carboxylic acids is 1. The molecule has 3 heterocycles. The number of hydrogen-bond donors (Lipinski definition) is 1. The Morgan fingerprint density at radius 3 is 2.63 bits per heavy atom. The first-order chi connectivity index (χ1) is 16.9. The van der Waals surface area contributed by atoms with Crippen LogP contribution in [0.4, 0.5) is 0 Å². The highest BCUT2D eigenvalue weighted by molar-refractivity contribution is 6.05. The van der Waals surface area contributed by atoms with Crippen LogP contribution in [0.2, 0.25) is 0 Å². The van der Waals surface area contributed by atoms with Crippen molar-refractivity contribution in [3.63, 3.8) is 0 Å². The van der Waals surface area contributed by atoms with Gasteiger partial charge in [-0.05, 0) is 49.1 Å². The molecule has 1 aromatic rings. The molecule has 0 saturated carbocycles. The number of nitrogens with one attached hydrogen (secondary N) is 1. The van der Waals surface area contributed by atoms with Crippen LogP contribution in [0, 0.1) is 0 Å². The van der Waals surface area contributed by atoms with Gasteiger partial charge in [-0.3, -0.25) is 9.89 Å². The lowest BCUT2D eigenvalue weighted by molar-refractivity contribution is -0.139. The van der Waals surface area contributed by atoms with Crippen molar-refractivity contribution in [3.8, 4) is 0 Å². The number of hydrogen-bond acceptors (Lipinski definition) is 7. The van der Waals surface area contributed by atoms with Crippen molar-refractivity contribution >= 4 is 18.0 Å². The smallest absolute Gasteiger partial charge is 0.338 e. The fraction of sp³-hybridized carbons (Fsp3) is 0.536. The van der Waals surface area contributed by atoms with Crippen molar-refractivity contribution in [1.82, 2.24) is 10.2 Å². The number of rotatable bonds is 5. The van der Waals surface area contributed by atoms with Crippen LogP contribution in [0.1, 0.15) is 57.6 Å². The fourth-order valence-electron chi connectivity index (χ4n) is 5.69. The van der Waals surface area contributed by atoms with Crippen LogP contribution >= 0.6 is 0 Å². The van der Waals surface area contributed by atoms with E-state index in [9.17, 15) is 4.79 Å². The zero-order valence-corrected chi connectivity index (χ0v) is 21.1. The average molecular weight is 477 g/mol. The van der Waals surface area contributed by atoms with E-state index in [2.05, 4.69) is 59.4 Å². The van der Waals surface area contributed by atoms with Gasteiger partial charge < -0.3 is 14.8 Å². The largest absolute Gasteiger partial charge is 0.463 e. The van der Waals surface area contributed by atoms with Gasteiger partial charge in [0.25, 0.3) is 0 Å². The summed E-state index contributed by atoms with van der Waals surface area (Å²) in [5.41, 5.74) is 3.87. The SMILES string of the molecule is CCOC(=O)C1=C(CN2CCOCC2)NC(C2=CCCC=N2)=NC12CCC(C)(C)c1ccccc12. The lowest BCUT2D eigenvalue weighted by atomic mass is 9.62. The lowest BCUT2D eigenvalue weighted by Gasteiger charge is -2.46. The predicted molar refractivity (Wildman–Crippen MR) is 138 cm³/mol. The highest BCUT2D eigenvalue weighted by Gasteiger charge is 2.51. The van der Waals surface area contributed by atoms with Crippen molar-refractivity contribution in [2.45, 2.75) is 57.4 Å². The van der Waals surface area contributed by atoms with Gasteiger partial charge in [0.05, 0.1) is 25.4 Å². The van der Waals surface area contributed by atoms with Crippen molar-refractivity contribution in [1.29, 1.82) is 0 Å². The van der Waals surface area contributed by atoms with E-state index in [-0.39, 0.29) is 11.4 Å². The molecule has 5 rings (SSSR count). The molecule has 1 N–H and O–H groups in total. The number of morpholine rings is 1. The van der Waals surface area contributed by atoms with Gasteiger partial charge in [0.1, 0.15) is 11.2 Å². The molecule has 1 unspecified atom stereocenters. The van der Waals surface area contributed by atoms with Gasteiger partial charge in [0, 0.05) is 31.5 Å². The lowest BCUT2D eigenvalue weighted by Crippen LogP contribution is -2.50. The molecule has 0 bridgehead atoms. The maximum atomic E-state index is 13.7. The van der Waals surface area contributed by atoms with Crippen molar-refractivity contribution in [3.05, 3.63) is 58.4 Å². The van der Waals surface area contributed by atoms with Gasteiger partial charge >= 0.3 is 5.97 Å². The van der Waals surface area contributed by atoms with Crippen LogP contribution in [0.25, 0.3) is 0 Å². The molecule has 4 aliphatic rings. The second-order valence-electron chi connectivity index (χ2n) is 10.3. The molecule has 0 aromatic heterocycles. The molecule has 186 valence electrons. The number of carbonyl (C=O) groups is 1. The highest BCUT2D eigenvalue weighted by Crippen LogP contribution is 2.52. The number of nitrogens with zero attached hydrogens (tertiary/aromatic N) is 3. The van der Waals surface area contributed by atoms with Gasteiger partial charge in [0.15, 0.2) is 5.84 Å². The maximum absolute atomic E-state index is 13.7. The van der Waals surface area contributed by atoms with Crippen LogP contribution in [-0.4, -0.2) is 62.4 Å². The number of aliphatic imine (C=N–C) groups is 2. The summed E-state index contributed by atoms with van der Waals surface area (Å²) in [4.78, 5) is 26.1. The summed E-state index contributed by atoms with van der Waals surface area (Å²) >= 11 is 0. The Bertz CT molecular complexity index is 1110. The third-order valence-electron chi connectivity index (χ3n) is 7.57. The Balaban J connectivity index is 1.71. The summed E-state index contributed by atoms with van der Waals surface area (Å²) in [6, 6.07) is 8.48. The molecule has 0 radical (unpaired) electrons. The van der Waals surface area contributed by atoms with Crippen molar-refractivity contribution in [2.24, 2.45) is 9.98 Å². The van der Waals surface area contributed by atoms with Gasteiger partial charge in [-0.1, -0.05) is 44.2 Å². The van der Waals surface area contributed by atoms with E-state index in [1.54, 1.807) is 0 Å². The van der Waals surface area contributed by atoms with E-state index in [1.807, 2.05) is 13.1 Å². The Kier molecular flexibility index (Phi) is 6.64. The second-order valence-corrected chi connectivity index (χ2v) is 10.3. The van der Waals surface area contributed by atoms with E-state index in [1.165, 1.54) is 5.56 Å². The first-order valence-corrected chi connectivity index (χ1v) is 12.9. The molecule has 1 atom stereocenters. The molecule has 7 nitrogen and oxygen atoms in total. The van der Waals surface area contributed by atoms with E-state index in [0.717, 1.165) is 61.6 Å². The molecule has 35 heavy (non-hydrogen) atoms. The van der Waals surface area contributed by atoms with E-state index in [4.69, 9.17) is 14.5 Å². The monoisotopic (exact) mass is 476 g/mol. The maximum Gasteiger partial charge on any atom is 0.338 e. The molecule has 1 fully saturated rings. The van der Waals surface area contributed by atoms with Crippen molar-refractivity contribution in [2.75, 3.05) is 39.5 Å². The normalized spacial score (nSPS) is 26.0. The summed E-state index contributed by atoms with van der Waals surface area (Å²) in [6.45, 7) is 10.4. The number of benzene rings is 1. The molecule has 7 heteroatoms. The molecule has 1 aliphatic carbocycles. The van der Waals surface area contributed by atoms with Crippen LogP contribution in [-0.2, 0) is 25.2 Å². The fourth-order valence-corrected chi connectivity index (χ4v) is 5.69. The summed E-state index contributed by atoms with van der Waals surface area (Å²) < 4.78 is 11.3. The predicted octanol–water partition coefficient (Wildman–Crippen LogP) is 3.85. The molecular weight excluding hydrogens is 440 g/mol. The standard InChI is InChI=1S/C28H36N4O3/c1-4-35-26(33)24-23(19-32-15-17-34-18-16-32)30-25(22-11-7-8-14-29-22)31-28(24)13-12-27(2,3)20-9-5-6-10-21(20)28/h5-6,9-11,14H,4,7-8,12-13,15-19H2,1-3H3,(H,30,31).